The number of carboxylic acid groups (broad SMARTS) is 1. The van der Waals surface area contributed by atoms with E-state index in [1.54, 1.807) is 4.68 Å². The summed E-state index contributed by atoms with van der Waals surface area (Å²) in [7, 11) is 0. The summed E-state index contributed by atoms with van der Waals surface area (Å²) in [4.78, 5) is 18.5. The van der Waals surface area contributed by atoms with Gasteiger partial charge in [0.25, 0.3) is 0 Å². The molecule has 7 heteroatoms. The van der Waals surface area contributed by atoms with Crippen molar-refractivity contribution >= 4 is 22.7 Å². The zero-order chi connectivity index (χ0) is 22.1. The van der Waals surface area contributed by atoms with E-state index in [-0.39, 0.29) is 6.42 Å². The lowest BCUT2D eigenvalue weighted by atomic mass is 10.00. The molecule has 1 aliphatic heterocycles. The van der Waals surface area contributed by atoms with Crippen molar-refractivity contribution in [2.45, 2.75) is 13.3 Å². The molecule has 3 heterocycles. The van der Waals surface area contributed by atoms with Crippen molar-refractivity contribution in [3.05, 3.63) is 72.1 Å². The first-order valence-electron chi connectivity index (χ1n) is 10.7. The van der Waals surface area contributed by atoms with Crippen molar-refractivity contribution in [2.75, 3.05) is 31.2 Å². The zero-order valence-corrected chi connectivity index (χ0v) is 17.9. The Bertz CT molecular complexity index is 1260. The average molecular weight is 428 g/mol. The highest BCUT2D eigenvalue weighted by Crippen LogP contribution is 2.33. The molecule has 0 spiro atoms. The lowest BCUT2D eigenvalue weighted by Gasteiger charge is -2.29. The summed E-state index contributed by atoms with van der Waals surface area (Å²) in [6.45, 7) is 5.20. The van der Waals surface area contributed by atoms with E-state index < -0.39 is 5.97 Å². The Balaban J connectivity index is 1.64. The molecule has 0 atom stereocenters. The number of carboxylic acids is 1. The highest BCUT2D eigenvalue weighted by molar-refractivity contribution is 5.96. The summed E-state index contributed by atoms with van der Waals surface area (Å²) in [6, 6.07) is 20.1. The summed E-state index contributed by atoms with van der Waals surface area (Å²) in [5.74, 6) is -0.909. The average Bonchev–Trinajstić information content (AvgIpc) is 3.16. The monoisotopic (exact) mass is 428 g/mol. The zero-order valence-electron chi connectivity index (χ0n) is 17.9. The SMILES string of the molecule is Cc1nn(-c2ccccc2)c2nc(CC(=O)O)cc(-c3ccc(N4CCOCC4)cc3)c12. The molecule has 0 unspecified atom stereocenters. The van der Waals surface area contributed by atoms with Gasteiger partial charge in [-0.05, 0) is 48.4 Å². The molecule has 0 saturated carbocycles. The van der Waals surface area contributed by atoms with Gasteiger partial charge in [0.05, 0.1) is 42.1 Å². The molecule has 4 aromatic rings. The summed E-state index contributed by atoms with van der Waals surface area (Å²) >= 11 is 0. The van der Waals surface area contributed by atoms with Gasteiger partial charge in [-0.1, -0.05) is 30.3 Å². The molecule has 2 aromatic carbocycles. The van der Waals surface area contributed by atoms with Crippen LogP contribution in [0.15, 0.2) is 60.7 Å². The van der Waals surface area contributed by atoms with Crippen LogP contribution in [0.25, 0.3) is 27.8 Å². The van der Waals surface area contributed by atoms with Crippen molar-refractivity contribution in [3.8, 4) is 16.8 Å². The smallest absolute Gasteiger partial charge is 0.309 e. The van der Waals surface area contributed by atoms with E-state index in [1.807, 2.05) is 43.3 Å². The number of aromatic nitrogens is 3. The number of nitrogens with zero attached hydrogens (tertiary/aromatic N) is 4. The number of benzene rings is 2. The quantitative estimate of drug-likeness (QED) is 0.520. The van der Waals surface area contributed by atoms with Crippen LogP contribution >= 0.6 is 0 Å². The Morgan fingerprint density at radius 1 is 1.03 bits per heavy atom. The number of fused-ring (bicyclic) bond motifs is 1. The third-order valence-electron chi connectivity index (χ3n) is 5.75. The maximum Gasteiger partial charge on any atom is 0.309 e. The van der Waals surface area contributed by atoms with E-state index >= 15 is 0 Å². The van der Waals surface area contributed by atoms with Crippen molar-refractivity contribution in [2.24, 2.45) is 0 Å². The van der Waals surface area contributed by atoms with Crippen molar-refractivity contribution in [1.29, 1.82) is 0 Å². The molecule has 2 aromatic heterocycles. The molecule has 0 bridgehead atoms. The first-order valence-corrected chi connectivity index (χ1v) is 10.7. The minimum Gasteiger partial charge on any atom is -0.481 e. The molecule has 32 heavy (non-hydrogen) atoms. The van der Waals surface area contributed by atoms with Crippen LogP contribution < -0.4 is 4.90 Å². The molecular weight excluding hydrogens is 404 g/mol. The maximum atomic E-state index is 11.5. The normalized spacial score (nSPS) is 14.1. The second-order valence-corrected chi connectivity index (χ2v) is 7.91. The van der Waals surface area contributed by atoms with Crippen molar-refractivity contribution in [1.82, 2.24) is 14.8 Å². The van der Waals surface area contributed by atoms with Gasteiger partial charge in [-0.25, -0.2) is 9.67 Å². The summed E-state index contributed by atoms with van der Waals surface area (Å²) in [5, 5.41) is 15.1. The van der Waals surface area contributed by atoms with Gasteiger partial charge in [-0.3, -0.25) is 4.79 Å². The fraction of sp³-hybridized carbons (Fsp3) is 0.240. The number of rotatable bonds is 5. The molecule has 162 valence electrons. The van der Waals surface area contributed by atoms with Crippen LogP contribution in [0.4, 0.5) is 5.69 Å². The van der Waals surface area contributed by atoms with Crippen LogP contribution in [0.5, 0.6) is 0 Å². The number of carbonyl (C=O) groups is 1. The second kappa shape index (κ2) is 8.43. The molecule has 1 aliphatic rings. The largest absolute Gasteiger partial charge is 0.481 e. The van der Waals surface area contributed by atoms with Crippen LogP contribution in [-0.4, -0.2) is 52.1 Å². The third kappa shape index (κ3) is 3.83. The Hall–Kier alpha value is -3.71. The van der Waals surface area contributed by atoms with Crippen molar-refractivity contribution in [3.63, 3.8) is 0 Å². The van der Waals surface area contributed by atoms with Crippen LogP contribution in [-0.2, 0) is 16.0 Å². The molecule has 1 fully saturated rings. The number of pyridine rings is 1. The van der Waals surface area contributed by atoms with Gasteiger partial charge in [-0.15, -0.1) is 0 Å². The molecule has 1 N–H and O–H groups in total. The minimum absolute atomic E-state index is 0.145. The molecule has 1 saturated heterocycles. The van der Waals surface area contributed by atoms with E-state index in [1.165, 1.54) is 0 Å². The highest BCUT2D eigenvalue weighted by Gasteiger charge is 2.19. The van der Waals surface area contributed by atoms with Crippen LogP contribution in [0, 0.1) is 6.92 Å². The van der Waals surface area contributed by atoms with Gasteiger partial charge in [0.15, 0.2) is 5.65 Å². The van der Waals surface area contributed by atoms with Gasteiger partial charge in [0, 0.05) is 18.8 Å². The van der Waals surface area contributed by atoms with Gasteiger partial charge in [0.2, 0.25) is 0 Å². The van der Waals surface area contributed by atoms with Crippen LogP contribution in [0.3, 0.4) is 0 Å². The number of morpholine rings is 1. The summed E-state index contributed by atoms with van der Waals surface area (Å²) in [6.07, 6.45) is -0.145. The Kier molecular flexibility index (Phi) is 5.33. The number of para-hydroxylation sites is 1. The van der Waals surface area contributed by atoms with E-state index in [0.717, 1.165) is 59.9 Å². The molecular formula is C25H24N4O3. The lowest BCUT2D eigenvalue weighted by Crippen LogP contribution is -2.36. The fourth-order valence-electron chi connectivity index (χ4n) is 4.24. The molecule has 0 amide bonds. The lowest BCUT2D eigenvalue weighted by molar-refractivity contribution is -0.136. The van der Waals surface area contributed by atoms with E-state index in [2.05, 4.69) is 34.1 Å². The number of hydrogen-bond donors (Lipinski definition) is 1. The highest BCUT2D eigenvalue weighted by atomic mass is 16.5. The third-order valence-corrected chi connectivity index (χ3v) is 5.75. The van der Waals surface area contributed by atoms with Gasteiger partial charge in [-0.2, -0.15) is 5.10 Å². The van der Waals surface area contributed by atoms with Gasteiger partial charge < -0.3 is 14.7 Å². The van der Waals surface area contributed by atoms with E-state index in [4.69, 9.17) is 9.84 Å². The Labute approximate surface area is 185 Å². The van der Waals surface area contributed by atoms with Crippen LogP contribution in [0.2, 0.25) is 0 Å². The number of aryl methyl sites for hydroxylation is 1. The predicted molar refractivity (Wildman–Crippen MR) is 123 cm³/mol. The standard InChI is InChI=1S/C25H24N4O3/c1-17-24-22(18-7-9-20(10-8-18)28-11-13-32-14-12-28)15-19(16-23(30)31)26-25(24)29(27-17)21-5-3-2-4-6-21/h2-10,15H,11-14,16H2,1H3,(H,30,31). The number of aliphatic carboxylic acids is 1. The van der Waals surface area contributed by atoms with Crippen LogP contribution in [0.1, 0.15) is 11.4 Å². The Morgan fingerprint density at radius 3 is 2.44 bits per heavy atom. The first kappa shape index (κ1) is 20.2. The fourth-order valence-corrected chi connectivity index (χ4v) is 4.24. The Morgan fingerprint density at radius 2 is 1.75 bits per heavy atom. The topological polar surface area (TPSA) is 80.5 Å². The molecule has 0 radical (unpaired) electrons. The predicted octanol–water partition coefficient (Wildman–Crippen LogP) is 3.86. The number of hydrogen-bond acceptors (Lipinski definition) is 5. The maximum absolute atomic E-state index is 11.5. The van der Waals surface area contributed by atoms with E-state index in [0.29, 0.717) is 11.3 Å². The molecule has 7 nitrogen and oxygen atoms in total. The molecule has 5 rings (SSSR count). The minimum atomic E-state index is -0.909. The number of anilines is 1. The second-order valence-electron chi connectivity index (χ2n) is 7.91. The number of ether oxygens (including phenoxy) is 1. The molecule has 0 aliphatic carbocycles. The van der Waals surface area contributed by atoms with Gasteiger partial charge in [0.1, 0.15) is 0 Å². The van der Waals surface area contributed by atoms with E-state index in [9.17, 15) is 9.90 Å². The summed E-state index contributed by atoms with van der Waals surface area (Å²) in [5.41, 5.74) is 6.03. The van der Waals surface area contributed by atoms with Crippen molar-refractivity contribution < 1.29 is 14.6 Å². The summed E-state index contributed by atoms with van der Waals surface area (Å²) < 4.78 is 7.25. The van der Waals surface area contributed by atoms with Gasteiger partial charge >= 0.3 is 5.97 Å². The first-order chi connectivity index (χ1) is 15.6.